The fourth-order valence-electron chi connectivity index (χ4n) is 2.51. The zero-order valence-corrected chi connectivity index (χ0v) is 15.0. The molecule has 1 atom stereocenters. The van der Waals surface area contributed by atoms with E-state index in [9.17, 15) is 14.4 Å². The molecule has 9 heteroatoms. The van der Waals surface area contributed by atoms with Crippen LogP contribution in [0.3, 0.4) is 0 Å². The van der Waals surface area contributed by atoms with Crippen molar-refractivity contribution in [3.05, 3.63) is 40.2 Å². The molecule has 1 aromatic carbocycles. The summed E-state index contributed by atoms with van der Waals surface area (Å²) < 4.78 is 9.36. The number of carbonyl (C=O) groups is 3. The van der Waals surface area contributed by atoms with E-state index in [1.165, 1.54) is 19.9 Å². The molecule has 2 aromatic rings. The smallest absolute Gasteiger partial charge is 0.339 e. The van der Waals surface area contributed by atoms with Crippen LogP contribution in [-0.4, -0.2) is 32.6 Å². The van der Waals surface area contributed by atoms with Crippen LogP contribution in [0, 0.1) is 0 Å². The van der Waals surface area contributed by atoms with E-state index < -0.39 is 17.5 Å². The summed E-state index contributed by atoms with van der Waals surface area (Å²) in [7, 11) is 0. The first-order valence-corrected chi connectivity index (χ1v) is 8.57. The van der Waals surface area contributed by atoms with Crippen molar-refractivity contribution in [3.8, 4) is 0 Å². The van der Waals surface area contributed by atoms with Crippen molar-refractivity contribution in [2.24, 2.45) is 0 Å². The van der Waals surface area contributed by atoms with Crippen molar-refractivity contribution in [3.63, 3.8) is 0 Å². The minimum Gasteiger partial charge on any atom is -0.445 e. The van der Waals surface area contributed by atoms with Crippen LogP contribution in [0.5, 0.6) is 0 Å². The molecule has 7 nitrogen and oxygen atoms in total. The van der Waals surface area contributed by atoms with Crippen molar-refractivity contribution in [1.82, 2.24) is 9.36 Å². The van der Waals surface area contributed by atoms with Gasteiger partial charge in [0.25, 0.3) is 5.91 Å². The lowest BCUT2D eigenvalue weighted by molar-refractivity contribution is -0.134. The second kappa shape index (κ2) is 6.53. The van der Waals surface area contributed by atoms with Gasteiger partial charge in [-0.2, -0.15) is 4.37 Å². The van der Waals surface area contributed by atoms with E-state index in [1.807, 2.05) is 0 Å². The lowest BCUT2D eigenvalue weighted by Gasteiger charge is -2.32. The van der Waals surface area contributed by atoms with Crippen LogP contribution in [0.2, 0.25) is 5.02 Å². The number of Topliss-reactive ketones (excluding diaryl/α,β-unsaturated/α-hetero) is 1. The number of hydrogen-bond donors (Lipinski definition) is 1. The number of aromatic nitrogens is 2. The third-order valence-corrected chi connectivity index (χ3v) is 4.62. The summed E-state index contributed by atoms with van der Waals surface area (Å²) in [6.07, 6.45) is 0.322. The number of ether oxygens (including phenoxy) is 1. The van der Waals surface area contributed by atoms with E-state index in [-0.39, 0.29) is 23.8 Å². The molecule has 0 radical (unpaired) electrons. The van der Waals surface area contributed by atoms with Gasteiger partial charge in [-0.1, -0.05) is 17.7 Å². The van der Waals surface area contributed by atoms with Gasteiger partial charge in [-0.05, 0) is 31.5 Å². The number of nitrogens with zero attached hydrogens (tertiary/aromatic N) is 2. The van der Waals surface area contributed by atoms with Gasteiger partial charge in [0.1, 0.15) is 5.78 Å². The maximum Gasteiger partial charge on any atom is 0.339 e. The Balaban J connectivity index is 1.78. The molecule has 2 heterocycles. The Kier molecular flexibility index (Phi) is 4.57. The first-order valence-electron chi connectivity index (χ1n) is 7.42. The Bertz CT molecular complexity index is 882. The van der Waals surface area contributed by atoms with Gasteiger partial charge >= 0.3 is 5.97 Å². The van der Waals surface area contributed by atoms with Gasteiger partial charge in [0, 0.05) is 23.0 Å². The van der Waals surface area contributed by atoms with Crippen LogP contribution in [0.25, 0.3) is 0 Å². The number of ketones is 1. The van der Waals surface area contributed by atoms with Crippen molar-refractivity contribution in [2.75, 3.05) is 5.32 Å². The summed E-state index contributed by atoms with van der Waals surface area (Å²) in [6, 6.07) is 4.89. The van der Waals surface area contributed by atoms with E-state index in [0.29, 0.717) is 22.0 Å². The molecule has 1 amide bonds. The number of benzene rings is 1. The quantitative estimate of drug-likeness (QED) is 0.819. The Hall–Kier alpha value is -2.32. The molecular formula is C16H14ClN3O4S. The molecule has 1 unspecified atom stereocenters. The predicted octanol–water partition coefficient (Wildman–Crippen LogP) is 2.43. The largest absolute Gasteiger partial charge is 0.445 e. The minimum absolute atomic E-state index is 0.0703. The van der Waals surface area contributed by atoms with Crippen molar-refractivity contribution in [1.29, 1.82) is 0 Å². The third kappa shape index (κ3) is 3.69. The normalized spacial score (nSPS) is 19.1. The minimum atomic E-state index is -1.37. The predicted molar refractivity (Wildman–Crippen MR) is 91.9 cm³/mol. The van der Waals surface area contributed by atoms with Crippen LogP contribution >= 0.6 is 23.1 Å². The van der Waals surface area contributed by atoms with Gasteiger partial charge in [-0.25, -0.2) is 9.78 Å². The SMILES string of the molecule is CC(=O)Cc1nsc(NC(=O)C2(C)Cc3ccc(Cl)cc3C(=O)O2)n1. The number of anilines is 1. The number of halogens is 1. The molecule has 0 fully saturated rings. The summed E-state index contributed by atoms with van der Waals surface area (Å²) >= 11 is 6.86. The summed E-state index contributed by atoms with van der Waals surface area (Å²) in [6.45, 7) is 2.97. The summed E-state index contributed by atoms with van der Waals surface area (Å²) in [5, 5.41) is 3.28. The number of hydrogen-bond acceptors (Lipinski definition) is 7. The van der Waals surface area contributed by atoms with E-state index in [0.717, 1.165) is 11.5 Å². The van der Waals surface area contributed by atoms with Gasteiger partial charge < -0.3 is 4.74 Å². The second-order valence-electron chi connectivity index (χ2n) is 5.95. The van der Waals surface area contributed by atoms with Crippen LogP contribution in [0.15, 0.2) is 18.2 Å². The number of cyclic esters (lactones) is 1. The van der Waals surface area contributed by atoms with Crippen LogP contribution in [-0.2, 0) is 27.2 Å². The number of nitrogens with one attached hydrogen (secondary N) is 1. The van der Waals surface area contributed by atoms with Crippen molar-refractivity contribution < 1.29 is 19.1 Å². The lowest BCUT2D eigenvalue weighted by atomic mass is 9.89. The highest BCUT2D eigenvalue weighted by atomic mass is 35.5. The average molecular weight is 380 g/mol. The summed E-state index contributed by atoms with van der Waals surface area (Å²) in [5.74, 6) is -0.833. The highest BCUT2D eigenvalue weighted by molar-refractivity contribution is 7.09. The maximum atomic E-state index is 12.6. The Morgan fingerprint density at radius 3 is 2.92 bits per heavy atom. The van der Waals surface area contributed by atoms with Gasteiger partial charge in [0.2, 0.25) is 5.13 Å². The molecule has 25 heavy (non-hydrogen) atoms. The Labute approximate surface area is 152 Å². The van der Waals surface area contributed by atoms with Crippen LogP contribution in [0.1, 0.15) is 35.6 Å². The highest BCUT2D eigenvalue weighted by Crippen LogP contribution is 2.31. The summed E-state index contributed by atoms with van der Waals surface area (Å²) in [4.78, 5) is 40.0. The molecule has 0 bridgehead atoms. The second-order valence-corrected chi connectivity index (χ2v) is 7.14. The summed E-state index contributed by atoms with van der Waals surface area (Å²) in [5.41, 5.74) is -0.324. The van der Waals surface area contributed by atoms with Crippen LogP contribution < -0.4 is 5.32 Å². The van der Waals surface area contributed by atoms with Crippen LogP contribution in [0.4, 0.5) is 5.13 Å². The van der Waals surface area contributed by atoms with Crippen molar-refractivity contribution in [2.45, 2.75) is 32.3 Å². The molecule has 3 rings (SSSR count). The zero-order valence-electron chi connectivity index (χ0n) is 13.5. The Morgan fingerprint density at radius 1 is 1.44 bits per heavy atom. The molecule has 130 valence electrons. The molecule has 1 aliphatic rings. The standard InChI is InChI=1S/C16H14ClN3O4S/c1-8(21)5-12-18-15(25-20-12)19-14(23)16(2)7-9-3-4-10(17)6-11(9)13(22)24-16/h3-4,6H,5,7H2,1-2H3,(H,18,19,20,23). The highest BCUT2D eigenvalue weighted by Gasteiger charge is 2.43. The average Bonchev–Trinajstić information content (AvgIpc) is 2.94. The number of amides is 1. The van der Waals surface area contributed by atoms with Crippen molar-refractivity contribution >= 4 is 45.9 Å². The fraction of sp³-hybridized carbons (Fsp3) is 0.312. The Morgan fingerprint density at radius 2 is 2.20 bits per heavy atom. The number of rotatable bonds is 4. The van der Waals surface area contributed by atoms with Gasteiger partial charge in [0.05, 0.1) is 12.0 Å². The van der Waals surface area contributed by atoms with E-state index in [4.69, 9.17) is 16.3 Å². The van der Waals surface area contributed by atoms with Gasteiger partial charge in [0.15, 0.2) is 11.4 Å². The number of fused-ring (bicyclic) bond motifs is 1. The maximum absolute atomic E-state index is 12.6. The molecular weight excluding hydrogens is 366 g/mol. The fourth-order valence-corrected chi connectivity index (χ4v) is 3.26. The molecule has 0 spiro atoms. The van der Waals surface area contributed by atoms with E-state index >= 15 is 0 Å². The van der Waals surface area contributed by atoms with E-state index in [2.05, 4.69) is 14.7 Å². The van der Waals surface area contributed by atoms with E-state index in [1.54, 1.807) is 12.1 Å². The monoisotopic (exact) mass is 379 g/mol. The number of carbonyl (C=O) groups excluding carboxylic acids is 3. The van der Waals surface area contributed by atoms with Gasteiger partial charge in [-0.15, -0.1) is 0 Å². The third-order valence-electron chi connectivity index (χ3n) is 3.71. The molecule has 1 aliphatic heterocycles. The molecule has 0 aliphatic carbocycles. The molecule has 0 saturated carbocycles. The first-order chi connectivity index (χ1) is 11.8. The first kappa shape index (κ1) is 17.5. The molecule has 0 saturated heterocycles. The topological polar surface area (TPSA) is 98.2 Å². The lowest BCUT2D eigenvalue weighted by Crippen LogP contribution is -2.48. The number of esters is 1. The molecule has 1 N–H and O–H groups in total. The molecule has 1 aromatic heterocycles. The van der Waals surface area contributed by atoms with Gasteiger partial charge in [-0.3, -0.25) is 14.9 Å². The zero-order chi connectivity index (χ0) is 18.2.